The van der Waals surface area contributed by atoms with E-state index in [1.165, 1.54) is 0 Å². The summed E-state index contributed by atoms with van der Waals surface area (Å²) in [7, 11) is 1.63. The van der Waals surface area contributed by atoms with Gasteiger partial charge in [-0.15, -0.1) is 0 Å². The molecule has 1 aliphatic heterocycles. The van der Waals surface area contributed by atoms with Gasteiger partial charge in [-0.1, -0.05) is 12.1 Å². The van der Waals surface area contributed by atoms with Crippen molar-refractivity contribution in [2.24, 2.45) is 5.92 Å². The summed E-state index contributed by atoms with van der Waals surface area (Å²) in [6.07, 6.45) is 5.04. The van der Waals surface area contributed by atoms with Gasteiger partial charge in [-0.2, -0.15) is 0 Å². The second kappa shape index (κ2) is 9.73. The molecule has 3 rings (SSSR count). The van der Waals surface area contributed by atoms with Gasteiger partial charge in [0.1, 0.15) is 5.75 Å². The van der Waals surface area contributed by atoms with Crippen LogP contribution in [-0.2, 0) is 6.54 Å². The van der Waals surface area contributed by atoms with Gasteiger partial charge in [-0.05, 0) is 48.6 Å². The lowest BCUT2D eigenvalue weighted by Gasteiger charge is -2.32. The molecule has 1 aromatic carbocycles. The third kappa shape index (κ3) is 5.45. The lowest BCUT2D eigenvalue weighted by molar-refractivity contribution is 0.0690. The van der Waals surface area contributed by atoms with Crippen molar-refractivity contribution in [2.75, 3.05) is 26.7 Å². The Morgan fingerprint density at radius 2 is 1.75 bits per heavy atom. The monoisotopic (exact) mass is 382 g/mol. The number of aromatic nitrogens is 1. The molecule has 1 saturated heterocycles. The van der Waals surface area contributed by atoms with Crippen LogP contribution in [0.15, 0.2) is 48.8 Å². The number of benzene rings is 1. The molecule has 0 atom stereocenters. The van der Waals surface area contributed by atoms with E-state index in [2.05, 4.69) is 15.6 Å². The number of likely N-dealkylation sites (tertiary alicyclic amines) is 1. The zero-order valence-electron chi connectivity index (χ0n) is 16.1. The van der Waals surface area contributed by atoms with Gasteiger partial charge >= 0.3 is 6.03 Å². The highest BCUT2D eigenvalue weighted by Crippen LogP contribution is 2.18. The predicted molar refractivity (Wildman–Crippen MR) is 106 cm³/mol. The molecule has 1 aromatic heterocycles. The predicted octanol–water partition coefficient (Wildman–Crippen LogP) is 2.44. The van der Waals surface area contributed by atoms with Crippen LogP contribution in [0, 0.1) is 5.92 Å². The maximum atomic E-state index is 12.4. The second-order valence-corrected chi connectivity index (χ2v) is 6.88. The van der Waals surface area contributed by atoms with Gasteiger partial charge in [0.15, 0.2) is 0 Å². The van der Waals surface area contributed by atoms with Crippen LogP contribution in [0.5, 0.6) is 5.75 Å². The molecule has 0 unspecified atom stereocenters. The lowest BCUT2D eigenvalue weighted by atomic mass is 9.96. The first kappa shape index (κ1) is 19.7. The number of pyridine rings is 1. The Kier molecular flexibility index (Phi) is 6.84. The third-order valence-electron chi connectivity index (χ3n) is 4.99. The number of urea groups is 1. The largest absolute Gasteiger partial charge is 0.497 e. The molecule has 1 fully saturated rings. The summed E-state index contributed by atoms with van der Waals surface area (Å²) in [5, 5.41) is 5.80. The van der Waals surface area contributed by atoms with Crippen molar-refractivity contribution >= 4 is 11.9 Å². The van der Waals surface area contributed by atoms with E-state index in [0.29, 0.717) is 37.7 Å². The molecular weight excluding hydrogens is 356 g/mol. The minimum atomic E-state index is -0.175. The van der Waals surface area contributed by atoms with Crippen LogP contribution in [0.4, 0.5) is 4.79 Å². The summed E-state index contributed by atoms with van der Waals surface area (Å²) in [6.45, 7) is 2.50. The maximum Gasteiger partial charge on any atom is 0.315 e. The van der Waals surface area contributed by atoms with E-state index in [4.69, 9.17) is 4.74 Å². The number of piperidine rings is 1. The van der Waals surface area contributed by atoms with Crippen LogP contribution in [-0.4, -0.2) is 48.6 Å². The summed E-state index contributed by atoms with van der Waals surface area (Å²) >= 11 is 0. The first-order chi connectivity index (χ1) is 13.7. The van der Waals surface area contributed by atoms with Crippen molar-refractivity contribution in [3.63, 3.8) is 0 Å². The highest BCUT2D eigenvalue weighted by atomic mass is 16.5. The molecule has 3 amide bonds. The molecule has 1 aliphatic rings. The lowest BCUT2D eigenvalue weighted by Crippen LogP contribution is -2.43. The van der Waals surface area contributed by atoms with Gasteiger partial charge in [0, 0.05) is 44.1 Å². The van der Waals surface area contributed by atoms with E-state index in [1.54, 1.807) is 31.6 Å². The number of nitrogens with one attached hydrogen (secondary N) is 2. The minimum absolute atomic E-state index is 0.0473. The fraction of sp³-hybridized carbons (Fsp3) is 0.381. The van der Waals surface area contributed by atoms with E-state index in [1.807, 2.05) is 29.2 Å². The molecule has 0 spiro atoms. The standard InChI is InChI=1S/C21H26N4O3/c1-28-19-4-2-16(3-5-19)14-23-21(27)24-15-17-8-12-25(13-9-17)20(26)18-6-10-22-11-7-18/h2-7,10-11,17H,8-9,12-15H2,1H3,(H2,23,24,27). The normalized spacial score (nSPS) is 14.4. The number of carbonyl (C=O) groups is 2. The second-order valence-electron chi connectivity index (χ2n) is 6.88. The topological polar surface area (TPSA) is 83.6 Å². The highest BCUT2D eigenvalue weighted by Gasteiger charge is 2.23. The van der Waals surface area contributed by atoms with Crippen molar-refractivity contribution in [2.45, 2.75) is 19.4 Å². The van der Waals surface area contributed by atoms with Gasteiger partial charge in [0.25, 0.3) is 5.91 Å². The van der Waals surface area contributed by atoms with Gasteiger partial charge in [0.2, 0.25) is 0 Å². The average molecular weight is 382 g/mol. The quantitative estimate of drug-likeness (QED) is 0.804. The number of methoxy groups -OCH3 is 1. The number of hydrogen-bond donors (Lipinski definition) is 2. The molecule has 148 valence electrons. The smallest absolute Gasteiger partial charge is 0.315 e. The Labute approximate surface area is 165 Å². The van der Waals surface area contributed by atoms with Crippen molar-refractivity contribution in [1.82, 2.24) is 20.5 Å². The Balaban J connectivity index is 1.35. The van der Waals surface area contributed by atoms with E-state index in [-0.39, 0.29) is 11.9 Å². The summed E-state index contributed by atoms with van der Waals surface area (Å²) < 4.78 is 5.12. The molecule has 0 radical (unpaired) electrons. The Bertz CT molecular complexity index is 772. The molecule has 2 heterocycles. The zero-order valence-corrected chi connectivity index (χ0v) is 16.1. The summed E-state index contributed by atoms with van der Waals surface area (Å²) in [4.78, 5) is 30.3. The molecule has 2 N–H and O–H groups in total. The van der Waals surface area contributed by atoms with E-state index >= 15 is 0 Å². The van der Waals surface area contributed by atoms with Crippen molar-refractivity contribution in [3.8, 4) is 5.75 Å². The van der Waals surface area contributed by atoms with E-state index < -0.39 is 0 Å². The molecule has 0 aliphatic carbocycles. The first-order valence-corrected chi connectivity index (χ1v) is 9.49. The van der Waals surface area contributed by atoms with Crippen LogP contribution in [0.3, 0.4) is 0 Å². The SMILES string of the molecule is COc1ccc(CNC(=O)NCC2CCN(C(=O)c3ccncc3)CC2)cc1. The molecule has 28 heavy (non-hydrogen) atoms. The summed E-state index contributed by atoms with van der Waals surface area (Å²) in [5.41, 5.74) is 1.68. The third-order valence-corrected chi connectivity index (χ3v) is 4.99. The number of carbonyl (C=O) groups excluding carboxylic acids is 2. The fourth-order valence-corrected chi connectivity index (χ4v) is 3.24. The van der Waals surface area contributed by atoms with Crippen LogP contribution >= 0.6 is 0 Å². The Morgan fingerprint density at radius 3 is 2.39 bits per heavy atom. The number of ether oxygens (including phenoxy) is 1. The Morgan fingerprint density at radius 1 is 1.07 bits per heavy atom. The van der Waals surface area contributed by atoms with Crippen LogP contribution < -0.4 is 15.4 Å². The fourth-order valence-electron chi connectivity index (χ4n) is 3.24. The van der Waals surface area contributed by atoms with E-state index in [9.17, 15) is 9.59 Å². The number of rotatable bonds is 6. The zero-order chi connectivity index (χ0) is 19.8. The summed E-state index contributed by atoms with van der Waals surface area (Å²) in [5.74, 6) is 1.22. The van der Waals surface area contributed by atoms with Crippen LogP contribution in [0.25, 0.3) is 0 Å². The van der Waals surface area contributed by atoms with Gasteiger partial charge < -0.3 is 20.3 Å². The minimum Gasteiger partial charge on any atom is -0.497 e. The van der Waals surface area contributed by atoms with Crippen LogP contribution in [0.2, 0.25) is 0 Å². The van der Waals surface area contributed by atoms with Gasteiger partial charge in [-0.25, -0.2) is 4.79 Å². The van der Waals surface area contributed by atoms with E-state index in [0.717, 1.165) is 24.2 Å². The number of nitrogens with zero attached hydrogens (tertiary/aromatic N) is 2. The van der Waals surface area contributed by atoms with Gasteiger partial charge in [0.05, 0.1) is 7.11 Å². The molecule has 7 nitrogen and oxygen atoms in total. The molecule has 2 aromatic rings. The average Bonchev–Trinajstić information content (AvgIpc) is 2.77. The summed E-state index contributed by atoms with van der Waals surface area (Å²) in [6, 6.07) is 10.9. The van der Waals surface area contributed by atoms with Crippen molar-refractivity contribution < 1.29 is 14.3 Å². The number of amides is 3. The van der Waals surface area contributed by atoms with Crippen molar-refractivity contribution in [3.05, 3.63) is 59.9 Å². The number of hydrogen-bond acceptors (Lipinski definition) is 4. The first-order valence-electron chi connectivity index (χ1n) is 9.49. The molecular formula is C21H26N4O3. The maximum absolute atomic E-state index is 12.4. The molecule has 7 heteroatoms. The van der Waals surface area contributed by atoms with Gasteiger partial charge in [-0.3, -0.25) is 9.78 Å². The highest BCUT2D eigenvalue weighted by molar-refractivity contribution is 5.94. The van der Waals surface area contributed by atoms with Crippen LogP contribution in [0.1, 0.15) is 28.8 Å². The molecule has 0 saturated carbocycles. The molecule has 0 bridgehead atoms. The Hall–Kier alpha value is -3.09. The van der Waals surface area contributed by atoms with Crippen molar-refractivity contribution in [1.29, 1.82) is 0 Å².